The molecule has 3 heterocycles. The second-order valence-electron chi connectivity index (χ2n) is 5.49. The lowest BCUT2D eigenvalue weighted by atomic mass is 10.3. The molecular weight excluding hydrogens is 330 g/mol. The summed E-state index contributed by atoms with van der Waals surface area (Å²) in [7, 11) is 1.55. The zero-order chi connectivity index (χ0) is 18.0. The van der Waals surface area contributed by atoms with Gasteiger partial charge in [0.15, 0.2) is 5.76 Å². The number of nitro groups is 1. The number of furan rings is 1. The highest BCUT2D eigenvalue weighted by molar-refractivity contribution is 5.92. The van der Waals surface area contributed by atoms with E-state index in [0.29, 0.717) is 37.9 Å². The summed E-state index contributed by atoms with van der Waals surface area (Å²) in [5.41, 5.74) is 0. The molecule has 0 unspecified atom stereocenters. The van der Waals surface area contributed by atoms with Gasteiger partial charge in [-0.05, 0) is 13.0 Å². The number of hydrogen-bond acceptors (Lipinski definition) is 8. The maximum atomic E-state index is 12.4. The van der Waals surface area contributed by atoms with Gasteiger partial charge in [-0.3, -0.25) is 14.9 Å². The van der Waals surface area contributed by atoms with Gasteiger partial charge in [0.1, 0.15) is 16.6 Å². The van der Waals surface area contributed by atoms with E-state index in [-0.39, 0.29) is 11.7 Å². The number of hydrogen-bond donors (Lipinski definition) is 0. The third kappa shape index (κ3) is 3.52. The van der Waals surface area contributed by atoms with E-state index < -0.39 is 10.8 Å². The fraction of sp³-hybridized carbons (Fsp3) is 0.400. The normalized spacial score (nSPS) is 14.5. The number of amides is 1. The van der Waals surface area contributed by atoms with E-state index in [4.69, 9.17) is 9.15 Å². The lowest BCUT2D eigenvalue weighted by Gasteiger charge is -2.35. The highest BCUT2D eigenvalue weighted by Crippen LogP contribution is 2.21. The monoisotopic (exact) mass is 347 g/mol. The van der Waals surface area contributed by atoms with Crippen molar-refractivity contribution in [3.05, 3.63) is 39.9 Å². The molecule has 25 heavy (non-hydrogen) atoms. The fourth-order valence-corrected chi connectivity index (χ4v) is 2.63. The number of ether oxygens (including phenoxy) is 1. The van der Waals surface area contributed by atoms with Gasteiger partial charge in [0.05, 0.1) is 13.2 Å². The first-order valence-corrected chi connectivity index (χ1v) is 7.66. The molecular formula is C15H17N5O5. The van der Waals surface area contributed by atoms with E-state index in [1.807, 2.05) is 4.90 Å². The minimum atomic E-state index is -0.667. The summed E-state index contributed by atoms with van der Waals surface area (Å²) >= 11 is 0. The van der Waals surface area contributed by atoms with Crippen LogP contribution in [0.4, 0.5) is 11.7 Å². The quantitative estimate of drug-likeness (QED) is 0.599. The zero-order valence-corrected chi connectivity index (χ0v) is 13.8. The molecule has 1 amide bonds. The number of carbonyl (C=O) groups excluding carboxylic acids is 1. The average molecular weight is 347 g/mol. The molecule has 1 saturated heterocycles. The highest BCUT2D eigenvalue weighted by Gasteiger charge is 2.26. The molecule has 0 atom stereocenters. The van der Waals surface area contributed by atoms with E-state index >= 15 is 0 Å². The topological polar surface area (TPSA) is 115 Å². The molecule has 0 N–H and O–H groups in total. The van der Waals surface area contributed by atoms with Gasteiger partial charge in [-0.15, -0.1) is 0 Å². The molecule has 0 aromatic carbocycles. The molecule has 10 heteroatoms. The van der Waals surface area contributed by atoms with Crippen LogP contribution in [0.15, 0.2) is 22.6 Å². The largest absolute Gasteiger partial charge is 0.481 e. The highest BCUT2D eigenvalue weighted by atomic mass is 16.6. The molecule has 0 spiro atoms. The van der Waals surface area contributed by atoms with Crippen molar-refractivity contribution < 1.29 is 18.9 Å². The van der Waals surface area contributed by atoms with Crippen molar-refractivity contribution in [1.82, 2.24) is 14.9 Å². The molecule has 0 aliphatic carbocycles. The Kier molecular flexibility index (Phi) is 4.50. The second kappa shape index (κ2) is 6.75. The van der Waals surface area contributed by atoms with Crippen LogP contribution < -0.4 is 9.64 Å². The number of rotatable bonds is 4. The van der Waals surface area contributed by atoms with Gasteiger partial charge in [-0.2, -0.15) is 4.98 Å². The minimum absolute atomic E-state index is 0.0281. The van der Waals surface area contributed by atoms with Crippen molar-refractivity contribution in [3.8, 4) is 5.88 Å². The van der Waals surface area contributed by atoms with Gasteiger partial charge in [0.2, 0.25) is 5.88 Å². The van der Waals surface area contributed by atoms with Crippen molar-refractivity contribution >= 4 is 17.6 Å². The summed E-state index contributed by atoms with van der Waals surface area (Å²) in [4.78, 5) is 34.5. The summed E-state index contributed by atoms with van der Waals surface area (Å²) in [6, 6.07) is 4.26. The van der Waals surface area contributed by atoms with Crippen LogP contribution in [0.25, 0.3) is 0 Å². The maximum absolute atomic E-state index is 12.4. The Morgan fingerprint density at radius 3 is 2.60 bits per heavy atom. The number of piperazine rings is 1. The lowest BCUT2D eigenvalue weighted by molar-refractivity contribution is -0.402. The fourth-order valence-electron chi connectivity index (χ4n) is 2.63. The van der Waals surface area contributed by atoms with Crippen LogP contribution in [0.3, 0.4) is 0 Å². The third-order valence-electron chi connectivity index (χ3n) is 3.88. The number of methoxy groups -OCH3 is 1. The summed E-state index contributed by atoms with van der Waals surface area (Å²) < 4.78 is 10.1. The lowest BCUT2D eigenvalue weighted by Crippen LogP contribution is -2.49. The molecule has 1 aliphatic heterocycles. The Morgan fingerprint density at radius 2 is 2.00 bits per heavy atom. The summed E-state index contributed by atoms with van der Waals surface area (Å²) in [5, 5.41) is 10.7. The number of carbonyl (C=O) groups is 1. The van der Waals surface area contributed by atoms with E-state index in [1.165, 1.54) is 12.1 Å². The van der Waals surface area contributed by atoms with Crippen molar-refractivity contribution in [3.63, 3.8) is 0 Å². The molecule has 0 bridgehead atoms. The van der Waals surface area contributed by atoms with Gasteiger partial charge in [-0.1, -0.05) is 0 Å². The van der Waals surface area contributed by atoms with E-state index in [1.54, 1.807) is 25.0 Å². The van der Waals surface area contributed by atoms with Crippen molar-refractivity contribution in [2.24, 2.45) is 0 Å². The molecule has 0 saturated carbocycles. The zero-order valence-electron chi connectivity index (χ0n) is 13.8. The van der Waals surface area contributed by atoms with Gasteiger partial charge in [-0.25, -0.2) is 4.98 Å². The predicted octanol–water partition coefficient (Wildman–Crippen LogP) is 1.26. The first kappa shape index (κ1) is 16.7. The van der Waals surface area contributed by atoms with Crippen LogP contribution in [0, 0.1) is 17.0 Å². The molecule has 0 radical (unpaired) electrons. The van der Waals surface area contributed by atoms with Crippen LogP contribution in [0.2, 0.25) is 0 Å². The maximum Gasteiger partial charge on any atom is 0.433 e. The van der Waals surface area contributed by atoms with Crippen LogP contribution in [-0.2, 0) is 0 Å². The molecule has 3 rings (SSSR count). The smallest absolute Gasteiger partial charge is 0.433 e. The van der Waals surface area contributed by atoms with E-state index in [9.17, 15) is 14.9 Å². The Balaban J connectivity index is 1.66. The average Bonchev–Trinajstić information content (AvgIpc) is 3.11. The Hall–Kier alpha value is -3.17. The number of aryl methyl sites for hydroxylation is 1. The summed E-state index contributed by atoms with van der Waals surface area (Å²) in [5.74, 6) is 1.01. The first-order chi connectivity index (χ1) is 12.0. The van der Waals surface area contributed by atoms with Crippen molar-refractivity contribution in [2.75, 3.05) is 38.2 Å². The van der Waals surface area contributed by atoms with Crippen molar-refractivity contribution in [1.29, 1.82) is 0 Å². The van der Waals surface area contributed by atoms with E-state index in [0.717, 1.165) is 5.82 Å². The van der Waals surface area contributed by atoms with Crippen LogP contribution in [0.1, 0.15) is 16.4 Å². The molecule has 132 valence electrons. The summed E-state index contributed by atoms with van der Waals surface area (Å²) in [6.07, 6.45) is 0. The molecule has 1 aliphatic rings. The number of aromatic nitrogens is 2. The van der Waals surface area contributed by atoms with Gasteiger partial charge in [0.25, 0.3) is 5.91 Å². The van der Waals surface area contributed by atoms with E-state index in [2.05, 4.69) is 9.97 Å². The first-order valence-electron chi connectivity index (χ1n) is 7.66. The SMILES string of the molecule is COc1cc(N2CCN(C(=O)c3ccc([N+](=O)[O-])o3)CC2)nc(C)n1. The van der Waals surface area contributed by atoms with Gasteiger partial charge in [0, 0.05) is 32.2 Å². The summed E-state index contributed by atoms with van der Waals surface area (Å²) in [6.45, 7) is 3.86. The molecule has 10 nitrogen and oxygen atoms in total. The standard InChI is InChI=1S/C15H17N5O5/c1-10-16-12(9-13(17-10)24-2)18-5-7-19(8-6-18)15(21)11-3-4-14(25-11)20(22)23/h3-4,9H,5-8H2,1-2H3. The Labute approximate surface area is 143 Å². The minimum Gasteiger partial charge on any atom is -0.481 e. The van der Waals surface area contributed by atoms with Crippen LogP contribution in [-0.4, -0.2) is 59.0 Å². The van der Waals surface area contributed by atoms with Gasteiger partial charge >= 0.3 is 5.88 Å². The van der Waals surface area contributed by atoms with Crippen molar-refractivity contribution in [2.45, 2.75) is 6.92 Å². The van der Waals surface area contributed by atoms with Gasteiger partial charge < -0.3 is 19.0 Å². The number of nitrogens with zero attached hydrogens (tertiary/aromatic N) is 5. The third-order valence-corrected chi connectivity index (χ3v) is 3.88. The van der Waals surface area contributed by atoms with Crippen LogP contribution >= 0.6 is 0 Å². The second-order valence-corrected chi connectivity index (χ2v) is 5.49. The number of anilines is 1. The predicted molar refractivity (Wildman–Crippen MR) is 86.8 cm³/mol. The molecule has 2 aromatic rings. The van der Waals surface area contributed by atoms with Crippen LogP contribution in [0.5, 0.6) is 5.88 Å². The Morgan fingerprint density at radius 1 is 1.28 bits per heavy atom. The molecule has 2 aromatic heterocycles. The Bertz CT molecular complexity index is 797. The molecule has 1 fully saturated rings.